The van der Waals surface area contributed by atoms with Crippen LogP contribution in [0.5, 0.6) is 5.75 Å². The molecule has 2 aromatic carbocycles. The zero-order valence-electron chi connectivity index (χ0n) is 18.8. The Morgan fingerprint density at radius 3 is 2.19 bits per heavy atom. The standard InChI is InChI=1S/C23H31NO7S/c1-23(2,3)30-22(26)24-20(21(15-25)31-32(4,27)28)14-17-10-12-19(13-11-17)29-16-18-8-6-5-7-9-18/h5-13,20-21,25H,14-16H2,1-4H3,(H,24,26)/t20?,21-/m0/s1. The molecule has 0 aromatic heterocycles. The third-order valence-corrected chi connectivity index (χ3v) is 4.85. The van der Waals surface area contributed by atoms with Crippen molar-refractivity contribution in [2.45, 2.75) is 51.5 Å². The van der Waals surface area contributed by atoms with Crippen LogP contribution in [0.2, 0.25) is 0 Å². The van der Waals surface area contributed by atoms with Crippen molar-refractivity contribution >= 4 is 16.2 Å². The van der Waals surface area contributed by atoms with Crippen molar-refractivity contribution in [2.75, 3.05) is 12.9 Å². The summed E-state index contributed by atoms with van der Waals surface area (Å²) in [6.07, 6.45) is -0.815. The molecule has 1 amide bonds. The Balaban J connectivity index is 2.10. The van der Waals surface area contributed by atoms with Crippen molar-refractivity contribution in [3.05, 3.63) is 65.7 Å². The molecule has 2 aromatic rings. The van der Waals surface area contributed by atoms with Crippen molar-refractivity contribution in [3.63, 3.8) is 0 Å². The van der Waals surface area contributed by atoms with Gasteiger partial charge in [-0.15, -0.1) is 0 Å². The van der Waals surface area contributed by atoms with Gasteiger partial charge in [-0.05, 0) is 50.5 Å². The molecule has 0 fully saturated rings. The molecule has 8 nitrogen and oxygen atoms in total. The molecule has 0 aliphatic carbocycles. The number of ether oxygens (including phenoxy) is 2. The number of carbonyl (C=O) groups excluding carboxylic acids is 1. The van der Waals surface area contributed by atoms with Crippen LogP contribution in [0.25, 0.3) is 0 Å². The summed E-state index contributed by atoms with van der Waals surface area (Å²) >= 11 is 0. The lowest BCUT2D eigenvalue weighted by Crippen LogP contribution is -2.49. The summed E-state index contributed by atoms with van der Waals surface area (Å²) in [5, 5.41) is 12.3. The molecular formula is C23H31NO7S. The first-order valence-electron chi connectivity index (χ1n) is 10.2. The van der Waals surface area contributed by atoms with E-state index >= 15 is 0 Å². The molecule has 0 saturated heterocycles. The van der Waals surface area contributed by atoms with E-state index in [0.717, 1.165) is 17.4 Å². The zero-order valence-corrected chi connectivity index (χ0v) is 19.6. The molecule has 1 unspecified atom stereocenters. The van der Waals surface area contributed by atoms with Crippen molar-refractivity contribution < 1.29 is 32.0 Å². The van der Waals surface area contributed by atoms with E-state index in [9.17, 15) is 18.3 Å². The molecule has 0 heterocycles. The maximum Gasteiger partial charge on any atom is 0.407 e. The van der Waals surface area contributed by atoms with Gasteiger partial charge in [-0.1, -0.05) is 42.5 Å². The lowest BCUT2D eigenvalue weighted by molar-refractivity contribution is 0.0389. The lowest BCUT2D eigenvalue weighted by Gasteiger charge is -2.28. The maximum absolute atomic E-state index is 12.3. The summed E-state index contributed by atoms with van der Waals surface area (Å²) in [4.78, 5) is 12.3. The van der Waals surface area contributed by atoms with Crippen LogP contribution in [0, 0.1) is 0 Å². The number of benzene rings is 2. The van der Waals surface area contributed by atoms with E-state index in [4.69, 9.17) is 13.7 Å². The van der Waals surface area contributed by atoms with Gasteiger partial charge in [-0.2, -0.15) is 8.42 Å². The van der Waals surface area contributed by atoms with Crippen molar-refractivity contribution in [3.8, 4) is 5.75 Å². The SMILES string of the molecule is CC(C)(C)OC(=O)NC(Cc1ccc(OCc2ccccc2)cc1)[C@H](CO)OS(C)(=O)=O. The van der Waals surface area contributed by atoms with Gasteiger partial charge in [0.2, 0.25) is 0 Å². The summed E-state index contributed by atoms with van der Waals surface area (Å²) in [6, 6.07) is 16.1. The summed E-state index contributed by atoms with van der Waals surface area (Å²) in [5.74, 6) is 0.667. The highest BCUT2D eigenvalue weighted by Gasteiger charge is 2.29. The van der Waals surface area contributed by atoms with Crippen molar-refractivity contribution in [1.29, 1.82) is 0 Å². The fourth-order valence-electron chi connectivity index (χ4n) is 2.90. The van der Waals surface area contributed by atoms with E-state index in [-0.39, 0.29) is 6.42 Å². The molecule has 0 saturated carbocycles. The van der Waals surface area contributed by atoms with E-state index in [1.54, 1.807) is 45.0 Å². The second-order valence-electron chi connectivity index (χ2n) is 8.40. The molecule has 2 atom stereocenters. The Kier molecular flexibility index (Phi) is 9.06. The number of nitrogens with one attached hydrogen (secondary N) is 1. The number of alkyl carbamates (subject to hydrolysis) is 1. The Labute approximate surface area is 189 Å². The molecule has 32 heavy (non-hydrogen) atoms. The summed E-state index contributed by atoms with van der Waals surface area (Å²) < 4.78 is 39.3. The van der Waals surface area contributed by atoms with Gasteiger partial charge in [-0.25, -0.2) is 4.79 Å². The minimum atomic E-state index is -3.86. The smallest absolute Gasteiger partial charge is 0.407 e. The number of carbonyl (C=O) groups is 1. The zero-order chi connectivity index (χ0) is 23.8. The van der Waals surface area contributed by atoms with Gasteiger partial charge in [0.1, 0.15) is 24.1 Å². The highest BCUT2D eigenvalue weighted by atomic mass is 32.2. The van der Waals surface area contributed by atoms with E-state index < -0.39 is 40.6 Å². The first-order chi connectivity index (χ1) is 14.9. The number of amides is 1. The Morgan fingerprint density at radius 2 is 1.66 bits per heavy atom. The summed E-state index contributed by atoms with van der Waals surface area (Å²) in [5.41, 5.74) is 1.09. The molecule has 2 N–H and O–H groups in total. The van der Waals surface area contributed by atoms with Crippen LogP contribution in [0.3, 0.4) is 0 Å². The van der Waals surface area contributed by atoms with Crippen molar-refractivity contribution in [2.24, 2.45) is 0 Å². The minimum Gasteiger partial charge on any atom is -0.489 e. The third kappa shape index (κ3) is 9.67. The second-order valence-corrected chi connectivity index (χ2v) is 10.00. The fourth-order valence-corrected chi connectivity index (χ4v) is 3.54. The second kappa shape index (κ2) is 11.3. The van der Waals surface area contributed by atoms with Gasteiger partial charge in [0.05, 0.1) is 18.9 Å². The van der Waals surface area contributed by atoms with Crippen LogP contribution < -0.4 is 10.1 Å². The molecule has 176 valence electrons. The molecular weight excluding hydrogens is 434 g/mol. The predicted octanol–water partition coefficient (Wildman–Crippen LogP) is 3.04. The molecule has 2 rings (SSSR count). The summed E-state index contributed by atoms with van der Waals surface area (Å²) in [6.45, 7) is 4.97. The Hall–Kier alpha value is -2.62. The first-order valence-corrected chi connectivity index (χ1v) is 12.0. The van der Waals surface area contributed by atoms with Gasteiger partial charge in [0, 0.05) is 0 Å². The van der Waals surface area contributed by atoms with Gasteiger partial charge >= 0.3 is 6.09 Å². The highest BCUT2D eigenvalue weighted by molar-refractivity contribution is 7.86. The predicted molar refractivity (Wildman–Crippen MR) is 121 cm³/mol. The van der Waals surface area contributed by atoms with E-state index in [2.05, 4.69) is 5.32 Å². The molecule has 0 aliphatic rings. The average molecular weight is 466 g/mol. The topological polar surface area (TPSA) is 111 Å². The van der Waals surface area contributed by atoms with Gasteiger partial charge < -0.3 is 19.9 Å². The van der Waals surface area contributed by atoms with E-state index in [1.165, 1.54) is 0 Å². The quantitative estimate of drug-likeness (QED) is 0.519. The lowest BCUT2D eigenvalue weighted by atomic mass is 10.0. The fraction of sp³-hybridized carbons (Fsp3) is 0.435. The Morgan fingerprint density at radius 1 is 1.03 bits per heavy atom. The largest absolute Gasteiger partial charge is 0.489 e. The molecule has 0 aliphatic heterocycles. The van der Waals surface area contributed by atoms with Crippen LogP contribution in [0.4, 0.5) is 4.79 Å². The molecule has 9 heteroatoms. The minimum absolute atomic E-state index is 0.207. The first kappa shape index (κ1) is 25.6. The van der Waals surface area contributed by atoms with E-state index in [0.29, 0.717) is 12.4 Å². The third-order valence-electron chi connectivity index (χ3n) is 4.26. The number of aliphatic hydroxyl groups is 1. The van der Waals surface area contributed by atoms with Crippen molar-refractivity contribution in [1.82, 2.24) is 5.32 Å². The summed E-state index contributed by atoms with van der Waals surface area (Å²) in [7, 11) is -3.86. The number of rotatable bonds is 10. The van der Waals surface area contributed by atoms with Gasteiger partial charge in [0.15, 0.2) is 0 Å². The van der Waals surface area contributed by atoms with E-state index in [1.807, 2.05) is 30.3 Å². The normalized spacial score (nSPS) is 13.8. The van der Waals surface area contributed by atoms with Crippen LogP contribution in [-0.2, 0) is 32.1 Å². The molecule has 0 bridgehead atoms. The number of hydrogen-bond acceptors (Lipinski definition) is 7. The van der Waals surface area contributed by atoms with Gasteiger partial charge in [-0.3, -0.25) is 4.18 Å². The highest BCUT2D eigenvalue weighted by Crippen LogP contribution is 2.18. The number of aliphatic hydroxyl groups excluding tert-OH is 1. The number of hydrogen-bond donors (Lipinski definition) is 2. The molecule has 0 spiro atoms. The Bertz CT molecular complexity index is 954. The van der Waals surface area contributed by atoms with Gasteiger partial charge in [0.25, 0.3) is 10.1 Å². The van der Waals surface area contributed by atoms with Crippen LogP contribution in [0.1, 0.15) is 31.9 Å². The monoisotopic (exact) mass is 465 g/mol. The van der Waals surface area contributed by atoms with Crippen LogP contribution in [0.15, 0.2) is 54.6 Å². The average Bonchev–Trinajstić information content (AvgIpc) is 2.70. The maximum atomic E-state index is 12.3. The van der Waals surface area contributed by atoms with Crippen LogP contribution in [-0.4, -0.2) is 50.2 Å². The molecule has 0 radical (unpaired) electrons. The van der Waals surface area contributed by atoms with Crippen LogP contribution >= 0.6 is 0 Å².